The summed E-state index contributed by atoms with van der Waals surface area (Å²) in [4.78, 5) is 11.7. The highest BCUT2D eigenvalue weighted by Gasteiger charge is 2.56. The number of aliphatic hydroxyl groups is 1. The molecule has 4 aliphatic carbocycles. The zero-order valence-electron chi connectivity index (χ0n) is 15.5. The standard InChI is InChI=1S/C22H29FO3/c1-22-7-6-14-15(17(22)4-5-21(22)25)3-2-12-9-19-13(8-16(12)14)10-20(26-19)18(24)11-23/h10,12,14-17,21,25H,2-9,11H2,1H3/t12-,14-,15+,16-,17-,21-,22-/m0/s1. The molecule has 0 amide bonds. The smallest absolute Gasteiger partial charge is 0.228 e. The highest BCUT2D eigenvalue weighted by atomic mass is 19.1. The molecule has 1 aromatic rings. The predicted molar refractivity (Wildman–Crippen MR) is 95.7 cm³/mol. The van der Waals surface area contributed by atoms with Crippen molar-refractivity contribution in [2.45, 2.75) is 64.4 Å². The van der Waals surface area contributed by atoms with Crippen molar-refractivity contribution in [3.05, 3.63) is 23.2 Å². The van der Waals surface area contributed by atoms with E-state index in [4.69, 9.17) is 4.42 Å². The maximum Gasteiger partial charge on any atom is 0.228 e. The number of ketones is 1. The van der Waals surface area contributed by atoms with Gasteiger partial charge >= 0.3 is 0 Å². The lowest BCUT2D eigenvalue weighted by Crippen LogP contribution is -2.49. The summed E-state index contributed by atoms with van der Waals surface area (Å²) in [6.45, 7) is 1.34. The molecule has 4 aliphatic rings. The highest BCUT2D eigenvalue weighted by molar-refractivity contribution is 5.94. The number of halogens is 1. The Kier molecular flexibility index (Phi) is 3.86. The van der Waals surface area contributed by atoms with Crippen LogP contribution in [-0.2, 0) is 12.8 Å². The van der Waals surface area contributed by atoms with Gasteiger partial charge in [0.05, 0.1) is 6.10 Å². The Morgan fingerprint density at radius 1 is 1.19 bits per heavy atom. The third-order valence-corrected chi connectivity index (χ3v) is 8.66. The first-order chi connectivity index (χ1) is 12.5. The van der Waals surface area contributed by atoms with E-state index in [0.29, 0.717) is 17.8 Å². The molecule has 1 aromatic heterocycles. The van der Waals surface area contributed by atoms with Gasteiger partial charge in [0.1, 0.15) is 5.76 Å². The number of Topliss-reactive ketones (excluding diaryl/α,β-unsaturated/α-hetero) is 1. The molecule has 0 saturated heterocycles. The van der Waals surface area contributed by atoms with Crippen molar-refractivity contribution in [1.82, 2.24) is 0 Å². The molecule has 3 saturated carbocycles. The quantitative estimate of drug-likeness (QED) is 0.797. The molecule has 4 heteroatoms. The number of aliphatic hydroxyl groups excluding tert-OH is 1. The lowest BCUT2D eigenvalue weighted by Gasteiger charge is -2.55. The second-order valence-electron chi connectivity index (χ2n) is 9.60. The number of rotatable bonds is 2. The third kappa shape index (κ3) is 2.30. The molecule has 0 aromatic carbocycles. The Bertz CT molecular complexity index is 725. The molecule has 0 unspecified atom stereocenters. The summed E-state index contributed by atoms with van der Waals surface area (Å²) in [6, 6.07) is 1.81. The van der Waals surface area contributed by atoms with Crippen LogP contribution in [0.1, 0.15) is 67.3 Å². The summed E-state index contributed by atoms with van der Waals surface area (Å²) >= 11 is 0. The molecular formula is C22H29FO3. The first-order valence-corrected chi connectivity index (χ1v) is 10.4. The second kappa shape index (κ2) is 5.92. The van der Waals surface area contributed by atoms with Gasteiger partial charge < -0.3 is 9.52 Å². The van der Waals surface area contributed by atoms with E-state index in [1.165, 1.54) is 25.7 Å². The first kappa shape index (κ1) is 17.0. The van der Waals surface area contributed by atoms with Crippen LogP contribution in [0, 0.1) is 35.0 Å². The fourth-order valence-corrected chi connectivity index (χ4v) is 7.29. The zero-order valence-corrected chi connectivity index (χ0v) is 15.5. The van der Waals surface area contributed by atoms with Crippen molar-refractivity contribution in [2.24, 2.45) is 35.0 Å². The van der Waals surface area contributed by atoms with Crippen LogP contribution in [0.25, 0.3) is 0 Å². The van der Waals surface area contributed by atoms with Gasteiger partial charge in [0.25, 0.3) is 0 Å². The molecule has 1 N–H and O–H groups in total. The maximum absolute atomic E-state index is 12.7. The lowest BCUT2D eigenvalue weighted by atomic mass is 9.50. The van der Waals surface area contributed by atoms with Gasteiger partial charge in [-0.05, 0) is 91.6 Å². The van der Waals surface area contributed by atoms with E-state index in [0.717, 1.165) is 48.8 Å². The SMILES string of the molecule is C[C@]12CC[C@H]3[C@@H](CC[C@H]4Cc5oc(C(=O)CF)cc5C[C@@H]43)[C@@H]1CC[C@@H]2O. The van der Waals surface area contributed by atoms with E-state index in [1.807, 2.05) is 6.07 Å². The molecule has 0 radical (unpaired) electrons. The number of fused-ring (bicyclic) bond motifs is 6. The minimum absolute atomic E-state index is 0.118. The van der Waals surface area contributed by atoms with Crippen molar-refractivity contribution < 1.29 is 18.7 Å². The summed E-state index contributed by atoms with van der Waals surface area (Å²) in [6.07, 6.45) is 8.79. The third-order valence-electron chi connectivity index (χ3n) is 8.66. The van der Waals surface area contributed by atoms with Gasteiger partial charge in [0, 0.05) is 6.42 Å². The minimum Gasteiger partial charge on any atom is -0.458 e. The Morgan fingerprint density at radius 3 is 2.85 bits per heavy atom. The fourth-order valence-electron chi connectivity index (χ4n) is 7.29. The number of furan rings is 1. The molecule has 5 rings (SSSR count). The molecule has 3 nitrogen and oxygen atoms in total. The highest BCUT2D eigenvalue weighted by Crippen LogP contribution is 2.62. The molecule has 7 atom stereocenters. The van der Waals surface area contributed by atoms with E-state index in [2.05, 4.69) is 6.92 Å². The molecular weight excluding hydrogens is 331 g/mol. The van der Waals surface area contributed by atoms with Crippen molar-refractivity contribution in [1.29, 1.82) is 0 Å². The average Bonchev–Trinajstić information content (AvgIpc) is 3.19. The summed E-state index contributed by atoms with van der Waals surface area (Å²) in [5, 5.41) is 10.5. The topological polar surface area (TPSA) is 50.4 Å². The lowest BCUT2D eigenvalue weighted by molar-refractivity contribution is -0.0758. The number of carbonyl (C=O) groups is 1. The molecule has 1 heterocycles. The minimum atomic E-state index is -0.980. The van der Waals surface area contributed by atoms with Crippen LogP contribution in [0.2, 0.25) is 0 Å². The average molecular weight is 360 g/mol. The summed E-state index contributed by atoms with van der Waals surface area (Å²) in [7, 11) is 0. The summed E-state index contributed by atoms with van der Waals surface area (Å²) in [5.74, 6) is 4.06. The van der Waals surface area contributed by atoms with Crippen molar-refractivity contribution >= 4 is 5.78 Å². The first-order valence-electron chi connectivity index (χ1n) is 10.4. The van der Waals surface area contributed by atoms with Crippen LogP contribution >= 0.6 is 0 Å². The van der Waals surface area contributed by atoms with Gasteiger partial charge in [-0.25, -0.2) is 4.39 Å². The largest absolute Gasteiger partial charge is 0.458 e. The molecule has 0 spiro atoms. The Hall–Kier alpha value is -1.16. The van der Waals surface area contributed by atoms with Crippen LogP contribution in [0.4, 0.5) is 4.39 Å². The van der Waals surface area contributed by atoms with Gasteiger partial charge in [-0.15, -0.1) is 0 Å². The van der Waals surface area contributed by atoms with Crippen molar-refractivity contribution in [3.63, 3.8) is 0 Å². The van der Waals surface area contributed by atoms with Crippen molar-refractivity contribution in [3.8, 4) is 0 Å². The van der Waals surface area contributed by atoms with Crippen LogP contribution in [0.3, 0.4) is 0 Å². The molecule has 26 heavy (non-hydrogen) atoms. The Balaban J connectivity index is 1.41. The predicted octanol–water partition coefficient (Wildman–Crippen LogP) is 4.36. The van der Waals surface area contributed by atoms with Gasteiger partial charge in [0.15, 0.2) is 12.4 Å². The normalized spacial score (nSPS) is 44.0. The van der Waals surface area contributed by atoms with Gasteiger partial charge in [-0.1, -0.05) is 6.92 Å². The van der Waals surface area contributed by atoms with E-state index < -0.39 is 12.5 Å². The zero-order chi connectivity index (χ0) is 18.1. The summed E-state index contributed by atoms with van der Waals surface area (Å²) in [5.41, 5.74) is 1.27. The van der Waals surface area contributed by atoms with Crippen LogP contribution in [0.15, 0.2) is 10.5 Å². The number of hydrogen-bond acceptors (Lipinski definition) is 3. The van der Waals surface area contributed by atoms with Crippen LogP contribution in [0.5, 0.6) is 0 Å². The van der Waals surface area contributed by atoms with Gasteiger partial charge in [-0.3, -0.25) is 4.79 Å². The monoisotopic (exact) mass is 360 g/mol. The van der Waals surface area contributed by atoms with E-state index in [9.17, 15) is 14.3 Å². The number of alkyl halides is 1. The van der Waals surface area contributed by atoms with Gasteiger partial charge in [0.2, 0.25) is 5.78 Å². The maximum atomic E-state index is 12.7. The molecule has 3 fully saturated rings. The Labute approximate surface area is 154 Å². The van der Waals surface area contributed by atoms with Gasteiger partial charge in [-0.2, -0.15) is 0 Å². The number of carbonyl (C=O) groups excluding carboxylic acids is 1. The second-order valence-corrected chi connectivity index (χ2v) is 9.60. The Morgan fingerprint density at radius 2 is 2.04 bits per heavy atom. The molecule has 142 valence electrons. The number of hydrogen-bond donors (Lipinski definition) is 1. The van der Waals surface area contributed by atoms with Crippen LogP contribution in [-0.4, -0.2) is 23.7 Å². The molecule has 0 aliphatic heterocycles. The van der Waals surface area contributed by atoms with E-state index in [1.54, 1.807) is 0 Å². The fraction of sp³-hybridized carbons (Fsp3) is 0.773. The molecule has 0 bridgehead atoms. The summed E-state index contributed by atoms with van der Waals surface area (Å²) < 4.78 is 18.4. The van der Waals surface area contributed by atoms with Crippen molar-refractivity contribution in [2.75, 3.05) is 6.67 Å². The van der Waals surface area contributed by atoms with E-state index >= 15 is 0 Å². The van der Waals surface area contributed by atoms with E-state index in [-0.39, 0.29) is 17.3 Å². The van der Waals surface area contributed by atoms with Crippen LogP contribution < -0.4 is 0 Å².